The second-order valence-corrected chi connectivity index (χ2v) is 5.78. The van der Waals surface area contributed by atoms with Crippen molar-refractivity contribution in [2.24, 2.45) is 0 Å². The molecule has 0 saturated carbocycles. The smallest absolute Gasteiger partial charge is 0.0874 e. The highest BCUT2D eigenvalue weighted by Gasteiger charge is 2.17. The monoisotopic (exact) mass is 262 g/mol. The summed E-state index contributed by atoms with van der Waals surface area (Å²) in [6.07, 6.45) is 0.292. The van der Waals surface area contributed by atoms with E-state index in [1.807, 2.05) is 0 Å². The molecule has 1 saturated heterocycles. The van der Waals surface area contributed by atoms with Crippen molar-refractivity contribution in [2.75, 3.05) is 38.2 Å². The topological polar surface area (TPSA) is 24.5 Å². The molecule has 0 amide bonds. The molecule has 106 valence electrons. The fraction of sp³-hybridized carbons (Fsp3) is 0.625. The van der Waals surface area contributed by atoms with Crippen LogP contribution in [-0.2, 0) is 4.74 Å². The molecular formula is C16H26N2O. The first-order chi connectivity index (χ1) is 9.08. The summed E-state index contributed by atoms with van der Waals surface area (Å²) < 4.78 is 5.78. The van der Waals surface area contributed by atoms with Crippen LogP contribution in [0.5, 0.6) is 0 Å². The van der Waals surface area contributed by atoms with Crippen LogP contribution in [0.15, 0.2) is 18.2 Å². The van der Waals surface area contributed by atoms with Crippen LogP contribution in [-0.4, -0.2) is 39.4 Å². The number of aryl methyl sites for hydroxylation is 1. The predicted molar refractivity (Wildman–Crippen MR) is 81.1 cm³/mol. The van der Waals surface area contributed by atoms with Crippen molar-refractivity contribution in [2.45, 2.75) is 32.8 Å². The lowest BCUT2D eigenvalue weighted by Gasteiger charge is -2.30. The molecule has 1 aromatic carbocycles. The zero-order valence-corrected chi connectivity index (χ0v) is 12.6. The van der Waals surface area contributed by atoms with Gasteiger partial charge in [0, 0.05) is 32.4 Å². The molecule has 2 rings (SSSR count). The average Bonchev–Trinajstić information content (AvgIpc) is 2.40. The van der Waals surface area contributed by atoms with Crippen LogP contribution < -0.4 is 10.2 Å². The van der Waals surface area contributed by atoms with Crippen LogP contribution in [0.25, 0.3) is 0 Å². The molecule has 1 atom stereocenters. The van der Waals surface area contributed by atoms with E-state index in [-0.39, 0.29) is 0 Å². The van der Waals surface area contributed by atoms with Crippen molar-refractivity contribution in [1.29, 1.82) is 0 Å². The number of hydrogen-bond acceptors (Lipinski definition) is 3. The van der Waals surface area contributed by atoms with Crippen molar-refractivity contribution in [3.63, 3.8) is 0 Å². The molecule has 1 unspecified atom stereocenters. The Morgan fingerprint density at radius 3 is 2.84 bits per heavy atom. The van der Waals surface area contributed by atoms with Crippen LogP contribution in [0, 0.1) is 6.92 Å². The number of nitrogens with zero attached hydrogens (tertiary/aromatic N) is 1. The molecule has 0 aromatic heterocycles. The van der Waals surface area contributed by atoms with Gasteiger partial charge >= 0.3 is 0 Å². The highest BCUT2D eigenvalue weighted by molar-refractivity contribution is 5.55. The largest absolute Gasteiger partial charge is 0.374 e. The average molecular weight is 262 g/mol. The van der Waals surface area contributed by atoms with E-state index in [2.05, 4.69) is 56.2 Å². The zero-order valence-electron chi connectivity index (χ0n) is 12.6. The second-order valence-electron chi connectivity index (χ2n) is 5.78. The van der Waals surface area contributed by atoms with E-state index in [1.54, 1.807) is 0 Å². The quantitative estimate of drug-likeness (QED) is 0.902. The van der Waals surface area contributed by atoms with Gasteiger partial charge < -0.3 is 15.0 Å². The summed E-state index contributed by atoms with van der Waals surface area (Å²) in [6.45, 7) is 10.3. The van der Waals surface area contributed by atoms with Crippen LogP contribution in [0.2, 0.25) is 0 Å². The molecule has 19 heavy (non-hydrogen) atoms. The molecule has 0 radical (unpaired) electrons. The number of hydrogen-bond donors (Lipinski definition) is 1. The summed E-state index contributed by atoms with van der Waals surface area (Å²) in [5.41, 5.74) is 4.05. The molecule has 1 fully saturated rings. The molecule has 3 nitrogen and oxygen atoms in total. The van der Waals surface area contributed by atoms with Gasteiger partial charge in [0.15, 0.2) is 0 Å². The Kier molecular flexibility index (Phi) is 4.83. The lowest BCUT2D eigenvalue weighted by Crippen LogP contribution is -2.44. The van der Waals surface area contributed by atoms with Gasteiger partial charge in [0.25, 0.3) is 0 Å². The number of rotatable bonds is 4. The lowest BCUT2D eigenvalue weighted by atomic mass is 10.00. The minimum Gasteiger partial charge on any atom is -0.374 e. The van der Waals surface area contributed by atoms with Crippen LogP contribution in [0.4, 0.5) is 5.69 Å². The van der Waals surface area contributed by atoms with Gasteiger partial charge in [-0.2, -0.15) is 0 Å². The molecule has 1 N–H and O–H groups in total. The van der Waals surface area contributed by atoms with E-state index in [1.165, 1.54) is 16.8 Å². The minimum absolute atomic E-state index is 0.292. The Balaban J connectivity index is 2.08. The Hall–Kier alpha value is -1.06. The Bertz CT molecular complexity index is 411. The van der Waals surface area contributed by atoms with E-state index in [0.717, 1.165) is 26.2 Å². The van der Waals surface area contributed by atoms with Gasteiger partial charge in [-0.15, -0.1) is 0 Å². The number of ether oxygens (including phenoxy) is 1. The summed E-state index contributed by atoms with van der Waals surface area (Å²) in [5.74, 6) is 0.570. The van der Waals surface area contributed by atoms with Crippen molar-refractivity contribution < 1.29 is 4.74 Å². The van der Waals surface area contributed by atoms with Crippen LogP contribution in [0.1, 0.15) is 30.9 Å². The number of nitrogens with one attached hydrogen (secondary N) is 1. The van der Waals surface area contributed by atoms with Gasteiger partial charge in [-0.1, -0.05) is 26.0 Å². The molecule has 1 aliphatic heterocycles. The third kappa shape index (κ3) is 3.71. The third-order valence-electron chi connectivity index (χ3n) is 3.79. The van der Waals surface area contributed by atoms with Gasteiger partial charge in [-0.3, -0.25) is 0 Å². The molecule has 0 aliphatic carbocycles. The molecule has 1 aliphatic rings. The maximum absolute atomic E-state index is 5.78. The molecule has 1 aromatic rings. The molecule has 3 heteroatoms. The van der Waals surface area contributed by atoms with Gasteiger partial charge in [0.05, 0.1) is 12.7 Å². The fourth-order valence-electron chi connectivity index (χ4n) is 2.54. The number of anilines is 1. The maximum Gasteiger partial charge on any atom is 0.0874 e. The van der Waals surface area contributed by atoms with E-state index in [4.69, 9.17) is 4.74 Å². The van der Waals surface area contributed by atoms with E-state index in [0.29, 0.717) is 12.0 Å². The standard InChI is InChI=1S/C16H26N2O/c1-12(2)14-6-5-13(3)16(9-14)18(4)11-15-10-17-7-8-19-15/h5-6,9,12,15,17H,7-8,10-11H2,1-4H3. The number of likely N-dealkylation sites (N-methyl/N-ethyl adjacent to an activating group) is 1. The molecule has 0 spiro atoms. The summed E-state index contributed by atoms with van der Waals surface area (Å²) in [7, 11) is 2.16. The maximum atomic E-state index is 5.78. The molecule has 1 heterocycles. The van der Waals surface area contributed by atoms with Gasteiger partial charge in [0.2, 0.25) is 0 Å². The molecular weight excluding hydrogens is 236 g/mol. The Morgan fingerprint density at radius 2 is 2.21 bits per heavy atom. The summed E-state index contributed by atoms with van der Waals surface area (Å²) in [4.78, 5) is 2.32. The van der Waals surface area contributed by atoms with Crippen molar-refractivity contribution in [3.8, 4) is 0 Å². The Morgan fingerprint density at radius 1 is 1.42 bits per heavy atom. The highest BCUT2D eigenvalue weighted by atomic mass is 16.5. The number of benzene rings is 1. The van der Waals surface area contributed by atoms with E-state index < -0.39 is 0 Å². The fourth-order valence-corrected chi connectivity index (χ4v) is 2.54. The first-order valence-corrected chi connectivity index (χ1v) is 7.22. The first-order valence-electron chi connectivity index (χ1n) is 7.22. The zero-order chi connectivity index (χ0) is 13.8. The molecule has 0 bridgehead atoms. The highest BCUT2D eigenvalue weighted by Crippen LogP contribution is 2.25. The van der Waals surface area contributed by atoms with Crippen LogP contribution >= 0.6 is 0 Å². The summed E-state index contributed by atoms with van der Waals surface area (Å²) in [5, 5.41) is 3.38. The van der Waals surface area contributed by atoms with Gasteiger partial charge in [-0.05, 0) is 30.0 Å². The normalized spacial score (nSPS) is 19.7. The van der Waals surface area contributed by atoms with Crippen molar-refractivity contribution in [1.82, 2.24) is 5.32 Å². The minimum atomic E-state index is 0.292. The van der Waals surface area contributed by atoms with Crippen LogP contribution in [0.3, 0.4) is 0 Å². The summed E-state index contributed by atoms with van der Waals surface area (Å²) in [6, 6.07) is 6.77. The van der Waals surface area contributed by atoms with Gasteiger partial charge in [0.1, 0.15) is 0 Å². The SMILES string of the molecule is Cc1ccc(C(C)C)cc1N(C)CC1CNCCO1. The van der Waals surface area contributed by atoms with Crippen molar-refractivity contribution >= 4 is 5.69 Å². The van der Waals surface area contributed by atoms with E-state index >= 15 is 0 Å². The number of morpholine rings is 1. The van der Waals surface area contributed by atoms with E-state index in [9.17, 15) is 0 Å². The van der Waals surface area contributed by atoms with Gasteiger partial charge in [-0.25, -0.2) is 0 Å². The Labute approximate surface area is 116 Å². The summed E-state index contributed by atoms with van der Waals surface area (Å²) >= 11 is 0. The van der Waals surface area contributed by atoms with Crippen molar-refractivity contribution in [3.05, 3.63) is 29.3 Å². The second kappa shape index (κ2) is 6.40. The lowest BCUT2D eigenvalue weighted by molar-refractivity contribution is 0.0340. The predicted octanol–water partition coefficient (Wildman–Crippen LogP) is 2.54. The first kappa shape index (κ1) is 14.4. The third-order valence-corrected chi connectivity index (χ3v) is 3.79.